The molecule has 0 rings (SSSR count). The molecule has 0 aliphatic carbocycles. The van der Waals surface area contributed by atoms with Crippen LogP contribution in [0.15, 0.2) is 0 Å². The topological polar surface area (TPSA) is 91.8 Å². The largest absolute Gasteiger partial charge is 0.444 e. The smallest absolute Gasteiger partial charge is 0.408 e. The summed E-state index contributed by atoms with van der Waals surface area (Å²) >= 11 is 0. The Hall–Kier alpha value is -1.68. The van der Waals surface area contributed by atoms with E-state index in [9.17, 15) is 9.59 Å². The number of alkyl carbamates (subject to hydrolysis) is 1. The predicted octanol–water partition coefficient (Wildman–Crippen LogP) is 0.769. The highest BCUT2D eigenvalue weighted by molar-refractivity contribution is 6.27. The third kappa shape index (κ3) is 6.40. The molecule has 0 saturated heterocycles. The maximum atomic E-state index is 11.2. The Kier molecular flexibility index (Phi) is 4.67. The average Bonchev–Trinajstić information content (AvgIpc) is 2.00. The van der Waals surface area contributed by atoms with Crippen LogP contribution in [0.25, 0.3) is 5.53 Å². The molecule has 84 valence electrons. The minimum Gasteiger partial charge on any atom is -0.444 e. The molecule has 0 saturated carbocycles. The van der Waals surface area contributed by atoms with E-state index in [1.807, 2.05) is 0 Å². The summed E-state index contributed by atoms with van der Waals surface area (Å²) < 4.78 is 4.93. The summed E-state index contributed by atoms with van der Waals surface area (Å²) in [5.41, 5.74) is 7.50. The number of ketones is 1. The molecule has 0 aliphatic heterocycles. The molecule has 1 unspecified atom stereocenters. The highest BCUT2D eigenvalue weighted by Crippen LogP contribution is 2.06. The number of carbonyl (C=O) groups is 2. The van der Waals surface area contributed by atoms with E-state index in [0.717, 1.165) is 6.21 Å². The van der Waals surface area contributed by atoms with Crippen LogP contribution in [0.5, 0.6) is 0 Å². The molecule has 6 nitrogen and oxygen atoms in total. The maximum Gasteiger partial charge on any atom is 0.408 e. The fourth-order valence-corrected chi connectivity index (χ4v) is 0.724. The molecule has 0 aliphatic rings. The van der Waals surface area contributed by atoms with Crippen LogP contribution in [-0.4, -0.2) is 34.5 Å². The number of nitrogens with one attached hydrogen (secondary N) is 1. The Labute approximate surface area is 88.2 Å². The summed E-state index contributed by atoms with van der Waals surface area (Å²) in [7, 11) is 0. The first kappa shape index (κ1) is 13.3. The fourth-order valence-electron chi connectivity index (χ4n) is 0.724. The van der Waals surface area contributed by atoms with Crippen molar-refractivity contribution in [2.45, 2.75) is 39.3 Å². The van der Waals surface area contributed by atoms with Crippen LogP contribution in [0.3, 0.4) is 0 Å². The zero-order chi connectivity index (χ0) is 12.1. The van der Waals surface area contributed by atoms with E-state index in [-0.39, 0.29) is 0 Å². The second-order valence-electron chi connectivity index (χ2n) is 4.01. The van der Waals surface area contributed by atoms with Gasteiger partial charge in [-0.1, -0.05) is 0 Å². The van der Waals surface area contributed by atoms with Gasteiger partial charge < -0.3 is 15.6 Å². The van der Waals surface area contributed by atoms with Crippen molar-refractivity contribution in [3.8, 4) is 0 Å². The molecule has 0 fully saturated rings. The molecule has 6 heteroatoms. The van der Waals surface area contributed by atoms with Crippen LogP contribution < -0.4 is 5.32 Å². The summed E-state index contributed by atoms with van der Waals surface area (Å²) in [6.07, 6.45) is 0.0388. The first-order valence-corrected chi connectivity index (χ1v) is 4.47. The molecule has 0 heterocycles. The van der Waals surface area contributed by atoms with E-state index < -0.39 is 23.5 Å². The summed E-state index contributed by atoms with van der Waals surface area (Å²) in [6.45, 7) is 6.62. The predicted molar refractivity (Wildman–Crippen MR) is 53.5 cm³/mol. The maximum absolute atomic E-state index is 11.2. The molecule has 0 aromatic rings. The minimum absolute atomic E-state index is 0.511. The molecule has 0 bridgehead atoms. The van der Waals surface area contributed by atoms with Crippen molar-refractivity contribution >= 4 is 18.1 Å². The Bertz CT molecular complexity index is 300. The van der Waals surface area contributed by atoms with Gasteiger partial charge in [-0.15, -0.1) is 0 Å². The Morgan fingerprint density at radius 3 is 2.40 bits per heavy atom. The normalized spacial score (nSPS) is 12.3. The molecule has 1 N–H and O–H groups in total. The number of ether oxygens (including phenoxy) is 1. The number of hydrogen-bond acceptors (Lipinski definition) is 3. The number of nitrogens with zero attached hydrogens (tertiary/aromatic N) is 2. The van der Waals surface area contributed by atoms with Crippen molar-refractivity contribution in [1.29, 1.82) is 0 Å². The van der Waals surface area contributed by atoms with Gasteiger partial charge in [0.15, 0.2) is 0 Å². The van der Waals surface area contributed by atoms with Crippen LogP contribution in [0, 0.1) is 0 Å². The lowest BCUT2D eigenvalue weighted by Gasteiger charge is -2.20. The Balaban J connectivity index is 4.19. The summed E-state index contributed by atoms with van der Waals surface area (Å²) in [6, 6.07) is -0.782. The second-order valence-corrected chi connectivity index (χ2v) is 4.01. The van der Waals surface area contributed by atoms with Crippen molar-refractivity contribution in [2.24, 2.45) is 0 Å². The van der Waals surface area contributed by atoms with Gasteiger partial charge in [0.25, 0.3) is 5.78 Å². The molecular formula is C9H15N3O3. The average molecular weight is 213 g/mol. The number of rotatable bonds is 3. The minimum atomic E-state index is -0.782. The van der Waals surface area contributed by atoms with Crippen molar-refractivity contribution in [3.05, 3.63) is 5.53 Å². The quantitative estimate of drug-likeness (QED) is 0.426. The lowest BCUT2D eigenvalue weighted by atomic mass is 10.2. The lowest BCUT2D eigenvalue weighted by Crippen LogP contribution is -2.42. The van der Waals surface area contributed by atoms with Crippen molar-refractivity contribution < 1.29 is 19.1 Å². The highest BCUT2D eigenvalue weighted by Gasteiger charge is 2.21. The SMILES string of the molecule is CC(NC(=O)OC(C)(C)C)C(=O)C=[N+]=[N-]. The standard InChI is InChI=1S/C9H15N3O3/c1-6(7(13)5-11-10)12-8(14)15-9(2,3)4/h5-6H,1-4H3,(H,12,14). The van der Waals surface area contributed by atoms with Crippen LogP contribution in [0.2, 0.25) is 0 Å². The lowest BCUT2D eigenvalue weighted by molar-refractivity contribution is -0.117. The molecule has 0 spiro atoms. The fraction of sp³-hybridized carbons (Fsp3) is 0.667. The number of Topliss-reactive ketones (excluding diaryl/α,β-unsaturated/α-hetero) is 1. The molecule has 1 atom stereocenters. The van der Waals surface area contributed by atoms with Gasteiger partial charge in [0, 0.05) is 0 Å². The molecule has 1 amide bonds. The zero-order valence-electron chi connectivity index (χ0n) is 9.27. The molecule has 15 heavy (non-hydrogen) atoms. The first-order valence-electron chi connectivity index (χ1n) is 4.47. The van der Waals surface area contributed by atoms with Gasteiger partial charge >= 0.3 is 12.3 Å². The molecule has 0 aromatic carbocycles. The van der Waals surface area contributed by atoms with E-state index in [0.29, 0.717) is 0 Å². The van der Waals surface area contributed by atoms with E-state index in [1.165, 1.54) is 6.92 Å². The van der Waals surface area contributed by atoms with E-state index >= 15 is 0 Å². The van der Waals surface area contributed by atoms with Gasteiger partial charge in [0.1, 0.15) is 5.60 Å². The number of carbonyl (C=O) groups excluding carboxylic acids is 2. The van der Waals surface area contributed by atoms with Gasteiger partial charge in [-0.25, -0.2) is 4.79 Å². The van der Waals surface area contributed by atoms with Gasteiger partial charge in [0.05, 0.1) is 6.04 Å². The third-order valence-electron chi connectivity index (χ3n) is 1.34. The van der Waals surface area contributed by atoms with E-state index in [2.05, 4.69) is 10.1 Å². The van der Waals surface area contributed by atoms with Crippen LogP contribution in [-0.2, 0) is 9.53 Å². The molecule has 0 radical (unpaired) electrons. The monoisotopic (exact) mass is 213 g/mol. The first-order chi connectivity index (χ1) is 6.76. The zero-order valence-corrected chi connectivity index (χ0v) is 9.27. The van der Waals surface area contributed by atoms with E-state index in [1.54, 1.807) is 20.8 Å². The summed E-state index contributed by atoms with van der Waals surface area (Å²) in [5, 5.41) is 2.31. The molecular weight excluding hydrogens is 198 g/mol. The van der Waals surface area contributed by atoms with Crippen LogP contribution in [0.1, 0.15) is 27.7 Å². The Morgan fingerprint density at radius 1 is 1.47 bits per heavy atom. The van der Waals surface area contributed by atoms with Crippen molar-refractivity contribution in [2.75, 3.05) is 0 Å². The number of amides is 1. The molecule has 0 aromatic heterocycles. The third-order valence-corrected chi connectivity index (χ3v) is 1.34. The van der Waals surface area contributed by atoms with Gasteiger partial charge in [-0.05, 0) is 27.7 Å². The van der Waals surface area contributed by atoms with E-state index in [4.69, 9.17) is 10.3 Å². The summed E-state index contributed by atoms with van der Waals surface area (Å²) in [4.78, 5) is 24.8. The highest BCUT2D eigenvalue weighted by atomic mass is 16.6. The van der Waals surface area contributed by atoms with Crippen LogP contribution >= 0.6 is 0 Å². The summed E-state index contributed by atoms with van der Waals surface area (Å²) in [5.74, 6) is -0.511. The Morgan fingerprint density at radius 2 is 2.00 bits per heavy atom. The second kappa shape index (κ2) is 5.26. The van der Waals surface area contributed by atoms with Crippen molar-refractivity contribution in [3.63, 3.8) is 0 Å². The van der Waals surface area contributed by atoms with Gasteiger partial charge in [0.2, 0.25) is 0 Å². The van der Waals surface area contributed by atoms with Gasteiger partial charge in [-0.3, -0.25) is 4.79 Å². The van der Waals surface area contributed by atoms with Crippen LogP contribution in [0.4, 0.5) is 4.79 Å². The number of hydrogen-bond donors (Lipinski definition) is 1. The van der Waals surface area contributed by atoms with Gasteiger partial charge in [-0.2, -0.15) is 4.79 Å². The van der Waals surface area contributed by atoms with Crippen molar-refractivity contribution in [1.82, 2.24) is 5.32 Å².